The summed E-state index contributed by atoms with van der Waals surface area (Å²) in [6, 6.07) is 7.12. The second kappa shape index (κ2) is 9.36. The number of rotatable bonds is 5. The van der Waals surface area contributed by atoms with Gasteiger partial charge in [-0.15, -0.1) is 35.7 Å². The molecule has 0 radical (unpaired) electrons. The minimum absolute atomic E-state index is 0. The predicted molar refractivity (Wildman–Crippen MR) is 122 cm³/mol. The summed E-state index contributed by atoms with van der Waals surface area (Å²) in [4.78, 5) is 14.8. The van der Waals surface area contributed by atoms with Crippen LogP contribution < -0.4 is 0 Å². The van der Waals surface area contributed by atoms with Gasteiger partial charge in [0.15, 0.2) is 0 Å². The first-order valence-corrected chi connectivity index (χ1v) is 9.94. The average molecular weight is 581 g/mol. The zero-order valence-electron chi connectivity index (χ0n) is 14.6. The molecule has 28 heavy (non-hydrogen) atoms. The Hall–Kier alpha value is -1.46. The number of aromatic nitrogens is 1. The highest BCUT2D eigenvalue weighted by molar-refractivity contribution is 14.0. The van der Waals surface area contributed by atoms with E-state index in [0.717, 1.165) is 11.8 Å². The molecule has 4 nitrogen and oxygen atoms in total. The lowest BCUT2D eigenvalue weighted by atomic mass is 9.90. The molecule has 1 heterocycles. The number of carboxylic acid groups (broad SMARTS) is 1. The molecule has 0 bridgehead atoms. The number of carboxylic acids is 1. The number of aromatic amines is 1. The minimum atomic E-state index is -1.18. The predicted octanol–water partition coefficient (Wildman–Crippen LogP) is 5.93. The zero-order valence-corrected chi connectivity index (χ0v) is 19.3. The maximum absolute atomic E-state index is 14.7. The van der Waals surface area contributed by atoms with E-state index in [0.29, 0.717) is 20.9 Å². The Labute approximate surface area is 189 Å². The molecule has 9 heteroatoms. The number of thioether (sulfide) groups is 1. The second-order valence-electron chi connectivity index (χ2n) is 5.97. The van der Waals surface area contributed by atoms with Crippen LogP contribution in [-0.2, 0) is 11.2 Å². The first kappa shape index (κ1) is 22.8. The van der Waals surface area contributed by atoms with Crippen molar-refractivity contribution in [2.24, 2.45) is 0 Å². The van der Waals surface area contributed by atoms with Gasteiger partial charge < -0.3 is 10.1 Å². The number of carbonyl (C=O) groups is 1. The number of aliphatic carboxylic acids is 1. The highest BCUT2D eigenvalue weighted by Crippen LogP contribution is 2.36. The summed E-state index contributed by atoms with van der Waals surface area (Å²) in [6.07, 6.45) is 3.28. The smallest absolute Gasteiger partial charge is 0.311 e. The van der Waals surface area contributed by atoms with E-state index in [1.807, 2.05) is 0 Å². The molecule has 148 valence electrons. The fourth-order valence-corrected chi connectivity index (χ4v) is 4.19. The summed E-state index contributed by atoms with van der Waals surface area (Å²) in [5.41, 5.74) is 1.22. The minimum Gasteiger partial charge on any atom is -0.481 e. The van der Waals surface area contributed by atoms with Gasteiger partial charge in [-0.2, -0.15) is 0 Å². The summed E-state index contributed by atoms with van der Waals surface area (Å²) in [6.45, 7) is 0. The number of hydrogen-bond acceptors (Lipinski definition) is 3. The molecule has 0 spiro atoms. The van der Waals surface area contributed by atoms with Crippen LogP contribution >= 0.6 is 51.7 Å². The summed E-state index contributed by atoms with van der Waals surface area (Å²) in [5.74, 6) is -3.54. The number of H-pyrrole nitrogens is 1. The molecule has 0 saturated heterocycles. The van der Waals surface area contributed by atoms with Gasteiger partial charge in [-0.1, -0.05) is 6.07 Å². The molecule has 1 atom stereocenters. The van der Waals surface area contributed by atoms with E-state index in [-0.39, 0.29) is 46.6 Å². The highest BCUT2D eigenvalue weighted by atomic mass is 127. The zero-order chi connectivity index (χ0) is 19.7. The van der Waals surface area contributed by atoms with Crippen molar-refractivity contribution in [1.29, 1.82) is 5.41 Å². The first-order valence-electron chi connectivity index (χ1n) is 7.92. The molecule has 3 N–H and O–H groups in total. The molecule has 2 aromatic carbocycles. The largest absolute Gasteiger partial charge is 0.481 e. The third-order valence-corrected chi connectivity index (χ3v) is 5.83. The molecule has 0 aliphatic carbocycles. The molecule has 0 aliphatic rings. The maximum Gasteiger partial charge on any atom is 0.311 e. The monoisotopic (exact) mass is 580 g/mol. The number of benzene rings is 2. The maximum atomic E-state index is 14.7. The lowest BCUT2D eigenvalue weighted by Gasteiger charge is -2.17. The molecule has 1 unspecified atom stereocenters. The molecule has 0 aliphatic heterocycles. The van der Waals surface area contributed by atoms with Gasteiger partial charge in [0, 0.05) is 32.7 Å². The summed E-state index contributed by atoms with van der Waals surface area (Å²) in [5, 5.41) is 18.3. The van der Waals surface area contributed by atoms with Crippen molar-refractivity contribution in [3.05, 3.63) is 69.3 Å². The quantitative estimate of drug-likeness (QED) is 0.199. The molecule has 3 rings (SSSR count). The Morgan fingerprint density at radius 2 is 2.00 bits per heavy atom. The van der Waals surface area contributed by atoms with Gasteiger partial charge in [-0.25, -0.2) is 8.78 Å². The standard InChI is InChI=1S/C19H15BrF2N2O2S.HI/c1-27-18(23)11-6-9(2-3-13(11)21)7-12(19(25)26)16-14(22)8-15-10(17(16)20)4-5-24-15;/h2-6,8,12,23-24H,7H2,1H3,(H,25,26);1H. The summed E-state index contributed by atoms with van der Waals surface area (Å²) in [7, 11) is 0. The van der Waals surface area contributed by atoms with Crippen LogP contribution in [-0.4, -0.2) is 27.4 Å². The first-order chi connectivity index (χ1) is 12.8. The van der Waals surface area contributed by atoms with E-state index in [1.54, 1.807) is 18.5 Å². The van der Waals surface area contributed by atoms with Gasteiger partial charge in [0.05, 0.1) is 11.0 Å². The van der Waals surface area contributed by atoms with Gasteiger partial charge in [0.25, 0.3) is 0 Å². The Balaban J connectivity index is 0.00000280. The van der Waals surface area contributed by atoms with Gasteiger partial charge in [-0.05, 0) is 58.4 Å². The highest BCUT2D eigenvalue weighted by Gasteiger charge is 2.28. The molecular weight excluding hydrogens is 565 g/mol. The van der Waals surface area contributed by atoms with Crippen molar-refractivity contribution in [3.8, 4) is 0 Å². The van der Waals surface area contributed by atoms with Gasteiger partial charge in [0.2, 0.25) is 0 Å². The van der Waals surface area contributed by atoms with Crippen LogP contribution in [0.4, 0.5) is 8.78 Å². The van der Waals surface area contributed by atoms with Crippen molar-refractivity contribution in [2.45, 2.75) is 12.3 Å². The van der Waals surface area contributed by atoms with Crippen LogP contribution in [0.15, 0.2) is 41.0 Å². The van der Waals surface area contributed by atoms with Gasteiger partial charge in [-0.3, -0.25) is 10.2 Å². The van der Waals surface area contributed by atoms with E-state index < -0.39 is 23.5 Å². The van der Waals surface area contributed by atoms with Crippen molar-refractivity contribution in [1.82, 2.24) is 4.98 Å². The molecule has 3 aromatic rings. The van der Waals surface area contributed by atoms with Crippen LogP contribution in [0.1, 0.15) is 22.6 Å². The average Bonchev–Trinajstić information content (AvgIpc) is 3.10. The van der Waals surface area contributed by atoms with Crippen LogP contribution in [0.3, 0.4) is 0 Å². The van der Waals surface area contributed by atoms with Crippen LogP contribution in [0.5, 0.6) is 0 Å². The number of fused-ring (bicyclic) bond motifs is 1. The van der Waals surface area contributed by atoms with E-state index in [4.69, 9.17) is 5.41 Å². The van der Waals surface area contributed by atoms with E-state index in [2.05, 4.69) is 20.9 Å². The van der Waals surface area contributed by atoms with Crippen LogP contribution in [0.2, 0.25) is 0 Å². The van der Waals surface area contributed by atoms with Crippen molar-refractivity contribution < 1.29 is 18.7 Å². The second-order valence-corrected chi connectivity index (χ2v) is 7.58. The fraction of sp³-hybridized carbons (Fsp3) is 0.158. The lowest BCUT2D eigenvalue weighted by Crippen LogP contribution is -2.17. The molecule has 0 fully saturated rings. The third kappa shape index (κ3) is 4.41. The SMILES string of the molecule is CSC(=N)c1cc(CC(C(=O)O)c2c(F)cc3[nH]ccc3c2Br)ccc1F.I. The number of hydrogen-bond donors (Lipinski definition) is 3. The molecule has 0 amide bonds. The normalized spacial score (nSPS) is 11.9. The summed E-state index contributed by atoms with van der Waals surface area (Å²) < 4.78 is 29.0. The Bertz CT molecular complexity index is 1060. The lowest BCUT2D eigenvalue weighted by molar-refractivity contribution is -0.138. The van der Waals surface area contributed by atoms with E-state index in [1.165, 1.54) is 24.3 Å². The topological polar surface area (TPSA) is 76.9 Å². The Morgan fingerprint density at radius 1 is 1.29 bits per heavy atom. The van der Waals surface area contributed by atoms with Crippen molar-refractivity contribution in [2.75, 3.05) is 6.26 Å². The third-order valence-electron chi connectivity index (χ3n) is 4.35. The molecular formula is C19H16BrF2IN2O2S. The van der Waals surface area contributed by atoms with Crippen LogP contribution in [0, 0.1) is 17.0 Å². The molecule has 1 aromatic heterocycles. The van der Waals surface area contributed by atoms with Crippen LogP contribution in [0.25, 0.3) is 10.9 Å². The fourth-order valence-electron chi connectivity index (χ4n) is 3.00. The summed E-state index contributed by atoms with van der Waals surface area (Å²) >= 11 is 4.42. The van der Waals surface area contributed by atoms with Crippen molar-refractivity contribution in [3.63, 3.8) is 0 Å². The molecule has 0 saturated carbocycles. The number of halogens is 4. The Morgan fingerprint density at radius 3 is 2.64 bits per heavy atom. The van der Waals surface area contributed by atoms with Crippen molar-refractivity contribution >= 4 is 73.6 Å². The van der Waals surface area contributed by atoms with E-state index >= 15 is 0 Å². The van der Waals surface area contributed by atoms with Gasteiger partial charge in [0.1, 0.15) is 11.6 Å². The number of nitrogens with one attached hydrogen (secondary N) is 2. The van der Waals surface area contributed by atoms with Gasteiger partial charge >= 0.3 is 5.97 Å². The Kier molecular flexibility index (Phi) is 7.63. The van der Waals surface area contributed by atoms with E-state index in [9.17, 15) is 18.7 Å².